The van der Waals surface area contributed by atoms with E-state index < -0.39 is 16.2 Å². The minimum atomic E-state index is -5.03. The molecule has 0 aromatic heterocycles. The standard InChI is InChI=1S/C14H11NO5S2/c16-13(11-7-3-1-4-8-11)14(15-20-22(17,18)19)21-12-9-5-2-6-10-12/h1-10H,(H,17,18,19)/p-1/b15-14-. The summed E-state index contributed by atoms with van der Waals surface area (Å²) < 4.78 is 35.5. The molecule has 0 saturated carbocycles. The normalized spacial score (nSPS) is 12.0. The molecule has 0 unspecified atom stereocenters. The lowest BCUT2D eigenvalue weighted by Gasteiger charge is -2.07. The zero-order chi connectivity index (χ0) is 16.0. The van der Waals surface area contributed by atoms with Crippen molar-refractivity contribution >= 4 is 33.0 Å². The largest absolute Gasteiger partial charge is 0.714 e. The van der Waals surface area contributed by atoms with Crippen LogP contribution in [0.2, 0.25) is 0 Å². The molecular weight excluding hydrogens is 326 g/mol. The number of carbonyl (C=O) groups is 1. The molecule has 0 N–H and O–H groups in total. The predicted molar refractivity (Wildman–Crippen MR) is 81.3 cm³/mol. The van der Waals surface area contributed by atoms with E-state index in [1.54, 1.807) is 60.7 Å². The van der Waals surface area contributed by atoms with Gasteiger partial charge >= 0.3 is 0 Å². The minimum Gasteiger partial charge on any atom is -0.714 e. The van der Waals surface area contributed by atoms with Gasteiger partial charge in [-0.15, -0.1) is 0 Å². The first-order valence-corrected chi connectivity index (χ1v) is 8.16. The van der Waals surface area contributed by atoms with Gasteiger partial charge in [0.2, 0.25) is 5.78 Å². The fourth-order valence-electron chi connectivity index (χ4n) is 1.50. The van der Waals surface area contributed by atoms with Gasteiger partial charge in [0, 0.05) is 10.5 Å². The van der Waals surface area contributed by atoms with Crippen LogP contribution in [0.4, 0.5) is 0 Å². The molecule has 0 amide bonds. The van der Waals surface area contributed by atoms with E-state index in [-0.39, 0.29) is 5.04 Å². The van der Waals surface area contributed by atoms with Crippen LogP contribution in [0.25, 0.3) is 0 Å². The highest BCUT2D eigenvalue weighted by Gasteiger charge is 2.17. The summed E-state index contributed by atoms with van der Waals surface area (Å²) >= 11 is 0.904. The maximum atomic E-state index is 12.3. The molecule has 0 saturated heterocycles. The Hall–Kier alpha value is -2.16. The summed E-state index contributed by atoms with van der Waals surface area (Å²) in [6.45, 7) is 0. The van der Waals surface area contributed by atoms with Crippen molar-refractivity contribution in [1.29, 1.82) is 0 Å². The highest BCUT2D eigenvalue weighted by atomic mass is 32.3. The van der Waals surface area contributed by atoms with Crippen LogP contribution in [0.15, 0.2) is 70.7 Å². The van der Waals surface area contributed by atoms with Crippen LogP contribution in [0.5, 0.6) is 0 Å². The van der Waals surface area contributed by atoms with Crippen molar-refractivity contribution in [3.05, 3.63) is 66.2 Å². The average Bonchev–Trinajstić information content (AvgIpc) is 2.52. The van der Waals surface area contributed by atoms with Crippen molar-refractivity contribution < 1.29 is 22.0 Å². The van der Waals surface area contributed by atoms with Crippen molar-refractivity contribution in [2.24, 2.45) is 5.16 Å². The molecule has 0 fully saturated rings. The van der Waals surface area contributed by atoms with E-state index in [4.69, 9.17) is 0 Å². The number of rotatable bonds is 5. The highest BCUT2D eigenvalue weighted by Crippen LogP contribution is 2.22. The summed E-state index contributed by atoms with van der Waals surface area (Å²) in [5, 5.41) is 2.94. The van der Waals surface area contributed by atoms with Crippen LogP contribution >= 0.6 is 11.8 Å². The molecular formula is C14H10NO5S2-. The first kappa shape index (κ1) is 16.2. The third kappa shape index (κ3) is 4.99. The second-order valence-corrected chi connectivity index (χ2v) is 6.02. The summed E-state index contributed by atoms with van der Waals surface area (Å²) in [6.07, 6.45) is 0. The quantitative estimate of drug-likeness (QED) is 0.158. The maximum Gasteiger partial charge on any atom is 0.284 e. The Labute approximate surface area is 131 Å². The Morgan fingerprint density at radius 2 is 1.55 bits per heavy atom. The SMILES string of the molecule is O=C(/C(=N/OS(=O)(=O)[O-])Sc1ccccc1)c1ccccc1. The molecule has 2 aromatic carbocycles. The van der Waals surface area contributed by atoms with Crippen LogP contribution in [0.1, 0.15) is 10.4 Å². The first-order chi connectivity index (χ1) is 10.5. The Morgan fingerprint density at radius 3 is 2.09 bits per heavy atom. The number of Topliss-reactive ketones (excluding diaryl/α,β-unsaturated/α-hetero) is 1. The number of hydrogen-bond acceptors (Lipinski definition) is 7. The fraction of sp³-hybridized carbons (Fsp3) is 0. The summed E-state index contributed by atoms with van der Waals surface area (Å²) in [7, 11) is -5.03. The van der Waals surface area contributed by atoms with Gasteiger partial charge in [-0.3, -0.25) is 9.08 Å². The third-order valence-electron chi connectivity index (χ3n) is 2.40. The molecule has 22 heavy (non-hydrogen) atoms. The van der Waals surface area contributed by atoms with Crippen molar-refractivity contribution in [3.63, 3.8) is 0 Å². The molecule has 2 rings (SSSR count). The van der Waals surface area contributed by atoms with E-state index in [9.17, 15) is 17.8 Å². The molecule has 0 atom stereocenters. The lowest BCUT2D eigenvalue weighted by atomic mass is 10.1. The lowest BCUT2D eigenvalue weighted by molar-refractivity contribution is 0.106. The van der Waals surface area contributed by atoms with E-state index in [0.29, 0.717) is 10.5 Å². The Bertz CT molecular complexity index is 773. The fourth-order valence-corrected chi connectivity index (χ4v) is 2.51. The molecule has 0 aliphatic heterocycles. The molecule has 0 spiro atoms. The van der Waals surface area contributed by atoms with E-state index >= 15 is 0 Å². The van der Waals surface area contributed by atoms with Crippen molar-refractivity contribution in [2.75, 3.05) is 0 Å². The summed E-state index contributed by atoms with van der Waals surface area (Å²) in [5.41, 5.74) is 0.302. The number of hydrogen-bond donors (Lipinski definition) is 0. The van der Waals surface area contributed by atoms with Gasteiger partial charge in [0.15, 0.2) is 5.04 Å². The Kier molecular flexibility index (Phi) is 5.31. The van der Waals surface area contributed by atoms with Gasteiger partial charge in [0.05, 0.1) is 0 Å². The molecule has 2 aromatic rings. The lowest BCUT2D eigenvalue weighted by Crippen LogP contribution is -2.12. The average molecular weight is 336 g/mol. The topological polar surface area (TPSA) is 95.9 Å². The van der Waals surface area contributed by atoms with Gasteiger partial charge in [0.25, 0.3) is 10.4 Å². The third-order valence-corrected chi connectivity index (χ3v) is 3.62. The van der Waals surface area contributed by atoms with Gasteiger partial charge < -0.3 is 4.55 Å². The Balaban J connectivity index is 2.31. The summed E-state index contributed by atoms with van der Waals surface area (Å²) in [4.78, 5) is 13.0. The van der Waals surface area contributed by atoms with Crippen LogP contribution in [-0.2, 0) is 14.7 Å². The van der Waals surface area contributed by atoms with Crippen molar-refractivity contribution in [1.82, 2.24) is 0 Å². The molecule has 0 aliphatic rings. The van der Waals surface area contributed by atoms with E-state index in [1.807, 2.05) is 0 Å². The van der Waals surface area contributed by atoms with Crippen LogP contribution in [0.3, 0.4) is 0 Å². The smallest absolute Gasteiger partial charge is 0.284 e. The monoisotopic (exact) mass is 336 g/mol. The number of ketones is 1. The van der Waals surface area contributed by atoms with Gasteiger partial charge in [-0.25, -0.2) is 0 Å². The molecule has 0 radical (unpaired) electrons. The molecule has 6 nitrogen and oxygen atoms in total. The molecule has 0 bridgehead atoms. The van der Waals surface area contributed by atoms with Gasteiger partial charge in [-0.2, -0.15) is 8.42 Å². The number of nitrogens with zero attached hydrogens (tertiary/aromatic N) is 1. The molecule has 114 valence electrons. The second-order valence-electron chi connectivity index (χ2n) is 3.99. The minimum absolute atomic E-state index is 0.253. The number of benzene rings is 2. The van der Waals surface area contributed by atoms with Gasteiger partial charge in [0.1, 0.15) is 0 Å². The molecule has 8 heteroatoms. The van der Waals surface area contributed by atoms with Crippen molar-refractivity contribution in [3.8, 4) is 0 Å². The first-order valence-electron chi connectivity index (χ1n) is 6.01. The second kappa shape index (κ2) is 7.21. The molecule has 0 aliphatic carbocycles. The maximum absolute atomic E-state index is 12.3. The van der Waals surface area contributed by atoms with Crippen LogP contribution < -0.4 is 0 Å². The molecule has 0 heterocycles. The Morgan fingerprint density at radius 1 is 1.00 bits per heavy atom. The van der Waals surface area contributed by atoms with E-state index in [0.717, 1.165) is 11.8 Å². The van der Waals surface area contributed by atoms with Crippen molar-refractivity contribution in [2.45, 2.75) is 4.90 Å². The predicted octanol–water partition coefficient (Wildman–Crippen LogP) is 2.45. The van der Waals surface area contributed by atoms with Crippen LogP contribution in [-0.4, -0.2) is 23.8 Å². The number of thioether (sulfide) groups is 1. The number of carbonyl (C=O) groups excluding carboxylic acids is 1. The van der Waals surface area contributed by atoms with Crippen LogP contribution in [0, 0.1) is 0 Å². The van der Waals surface area contributed by atoms with Gasteiger partial charge in [-0.1, -0.05) is 65.4 Å². The highest BCUT2D eigenvalue weighted by molar-refractivity contribution is 8.15. The summed E-state index contributed by atoms with van der Waals surface area (Å²) in [5.74, 6) is -0.543. The zero-order valence-electron chi connectivity index (χ0n) is 11.1. The zero-order valence-corrected chi connectivity index (χ0v) is 12.7. The van der Waals surface area contributed by atoms with E-state index in [1.165, 1.54) is 0 Å². The summed E-state index contributed by atoms with van der Waals surface area (Å²) in [6, 6.07) is 16.9. The van der Waals surface area contributed by atoms with E-state index in [2.05, 4.69) is 9.44 Å². The van der Waals surface area contributed by atoms with Gasteiger partial charge in [-0.05, 0) is 12.1 Å². The number of oxime groups is 1.